The molecular formula is C16H24O2. The summed E-state index contributed by atoms with van der Waals surface area (Å²) in [6.07, 6.45) is 1.03. The lowest BCUT2D eigenvalue weighted by Crippen LogP contribution is -2.25. The fourth-order valence-electron chi connectivity index (χ4n) is 2.69. The second-order valence-corrected chi connectivity index (χ2v) is 6.71. The molecule has 0 aromatic heterocycles. The molecule has 1 rings (SSSR count). The summed E-state index contributed by atoms with van der Waals surface area (Å²) in [6.45, 7) is 12.5. The minimum absolute atomic E-state index is 0.0235. The summed E-state index contributed by atoms with van der Waals surface area (Å²) in [5.41, 5.74) is 1.30. The number of para-hydroxylation sites is 1. The van der Waals surface area contributed by atoms with E-state index in [0.29, 0.717) is 5.75 Å². The summed E-state index contributed by atoms with van der Waals surface area (Å²) in [7, 11) is 0. The van der Waals surface area contributed by atoms with E-state index in [-0.39, 0.29) is 16.8 Å². The Morgan fingerprint density at radius 1 is 1.11 bits per heavy atom. The largest absolute Gasteiger partial charge is 0.426 e. The molecule has 100 valence electrons. The van der Waals surface area contributed by atoms with Crippen molar-refractivity contribution in [2.24, 2.45) is 5.41 Å². The van der Waals surface area contributed by atoms with E-state index < -0.39 is 0 Å². The lowest BCUT2D eigenvalue weighted by Gasteiger charge is -2.33. The van der Waals surface area contributed by atoms with Crippen molar-refractivity contribution >= 4 is 5.97 Å². The van der Waals surface area contributed by atoms with Crippen LogP contribution in [0.5, 0.6) is 5.75 Å². The molecule has 0 atom stereocenters. The molecule has 1 aromatic rings. The summed E-state index contributed by atoms with van der Waals surface area (Å²) in [6, 6.07) is 7.80. The molecule has 0 radical (unpaired) electrons. The van der Waals surface area contributed by atoms with Crippen LogP contribution in [0.25, 0.3) is 0 Å². The molecule has 0 saturated carbocycles. The SMILES string of the molecule is CC(=O)Oc1ccccc1C(C)(C)CC(C)(C)C. The first-order valence-electron chi connectivity index (χ1n) is 6.40. The second-order valence-electron chi connectivity index (χ2n) is 6.71. The van der Waals surface area contributed by atoms with E-state index in [1.165, 1.54) is 6.92 Å². The lowest BCUT2D eigenvalue weighted by atomic mass is 9.72. The molecule has 0 aliphatic carbocycles. The number of hydrogen-bond acceptors (Lipinski definition) is 2. The van der Waals surface area contributed by atoms with Gasteiger partial charge in [-0.2, -0.15) is 0 Å². The van der Waals surface area contributed by atoms with Crippen LogP contribution >= 0.6 is 0 Å². The van der Waals surface area contributed by atoms with Gasteiger partial charge in [0.15, 0.2) is 0 Å². The van der Waals surface area contributed by atoms with Crippen molar-refractivity contribution < 1.29 is 9.53 Å². The van der Waals surface area contributed by atoms with Crippen LogP contribution in [0.15, 0.2) is 24.3 Å². The van der Waals surface area contributed by atoms with Crippen molar-refractivity contribution in [3.8, 4) is 5.75 Å². The van der Waals surface area contributed by atoms with Crippen LogP contribution in [0.3, 0.4) is 0 Å². The zero-order chi connectivity index (χ0) is 14.0. The van der Waals surface area contributed by atoms with Crippen LogP contribution in [0.4, 0.5) is 0 Å². The Balaban J connectivity index is 3.11. The molecule has 0 N–H and O–H groups in total. The van der Waals surface area contributed by atoms with E-state index in [0.717, 1.165) is 12.0 Å². The molecule has 0 unspecified atom stereocenters. The predicted molar refractivity (Wildman–Crippen MR) is 74.8 cm³/mol. The molecule has 0 aliphatic heterocycles. The van der Waals surface area contributed by atoms with Crippen molar-refractivity contribution in [2.45, 2.75) is 53.4 Å². The zero-order valence-corrected chi connectivity index (χ0v) is 12.3. The maximum Gasteiger partial charge on any atom is 0.308 e. The smallest absolute Gasteiger partial charge is 0.308 e. The average Bonchev–Trinajstić information content (AvgIpc) is 2.13. The molecular weight excluding hydrogens is 224 g/mol. The van der Waals surface area contributed by atoms with Gasteiger partial charge in [0.05, 0.1) is 0 Å². The number of ether oxygens (including phenoxy) is 1. The number of benzene rings is 1. The van der Waals surface area contributed by atoms with E-state index in [2.05, 4.69) is 34.6 Å². The highest BCUT2D eigenvalue weighted by molar-refractivity contribution is 5.70. The molecule has 2 nitrogen and oxygen atoms in total. The van der Waals surface area contributed by atoms with Gasteiger partial charge in [-0.25, -0.2) is 0 Å². The van der Waals surface area contributed by atoms with E-state index in [4.69, 9.17) is 4.74 Å². The first-order chi connectivity index (χ1) is 8.12. The van der Waals surface area contributed by atoms with Crippen LogP contribution in [-0.2, 0) is 10.2 Å². The summed E-state index contributed by atoms with van der Waals surface area (Å²) < 4.78 is 5.31. The van der Waals surface area contributed by atoms with E-state index in [9.17, 15) is 4.79 Å². The summed E-state index contributed by atoms with van der Waals surface area (Å²) in [4.78, 5) is 11.2. The fraction of sp³-hybridized carbons (Fsp3) is 0.562. The van der Waals surface area contributed by atoms with Gasteiger partial charge >= 0.3 is 5.97 Å². The highest BCUT2D eigenvalue weighted by atomic mass is 16.5. The van der Waals surface area contributed by atoms with Crippen molar-refractivity contribution in [1.82, 2.24) is 0 Å². The lowest BCUT2D eigenvalue weighted by molar-refractivity contribution is -0.131. The van der Waals surface area contributed by atoms with Crippen LogP contribution in [0, 0.1) is 5.41 Å². The monoisotopic (exact) mass is 248 g/mol. The van der Waals surface area contributed by atoms with Crippen molar-refractivity contribution in [2.75, 3.05) is 0 Å². The van der Waals surface area contributed by atoms with Gasteiger partial charge in [0, 0.05) is 12.5 Å². The Hall–Kier alpha value is -1.31. The maximum atomic E-state index is 11.2. The van der Waals surface area contributed by atoms with Crippen LogP contribution in [0.1, 0.15) is 53.5 Å². The minimum atomic E-state index is -0.269. The van der Waals surface area contributed by atoms with Gasteiger partial charge in [-0.15, -0.1) is 0 Å². The Kier molecular flexibility index (Phi) is 4.20. The number of hydrogen-bond donors (Lipinski definition) is 0. The van der Waals surface area contributed by atoms with Gasteiger partial charge in [0.1, 0.15) is 5.75 Å². The van der Waals surface area contributed by atoms with Gasteiger partial charge in [-0.1, -0.05) is 52.8 Å². The molecule has 0 aliphatic rings. The molecule has 0 amide bonds. The Labute approximate surface area is 110 Å². The van der Waals surface area contributed by atoms with Crippen molar-refractivity contribution in [3.63, 3.8) is 0 Å². The third kappa shape index (κ3) is 4.17. The van der Waals surface area contributed by atoms with Gasteiger partial charge in [-0.3, -0.25) is 4.79 Å². The van der Waals surface area contributed by atoms with E-state index >= 15 is 0 Å². The predicted octanol–water partition coefficient (Wildman–Crippen LogP) is 4.33. The Morgan fingerprint density at radius 3 is 2.17 bits per heavy atom. The molecule has 0 spiro atoms. The fourth-order valence-corrected chi connectivity index (χ4v) is 2.69. The third-order valence-corrected chi connectivity index (χ3v) is 2.84. The maximum absolute atomic E-state index is 11.2. The third-order valence-electron chi connectivity index (χ3n) is 2.84. The summed E-state index contributed by atoms with van der Waals surface area (Å²) in [5.74, 6) is 0.410. The van der Waals surface area contributed by atoms with E-state index in [1.54, 1.807) is 0 Å². The number of carbonyl (C=O) groups is 1. The van der Waals surface area contributed by atoms with Gasteiger partial charge in [0.2, 0.25) is 0 Å². The van der Waals surface area contributed by atoms with E-state index in [1.807, 2.05) is 24.3 Å². The first kappa shape index (κ1) is 14.7. The molecule has 0 saturated heterocycles. The number of esters is 1. The quantitative estimate of drug-likeness (QED) is 0.588. The topological polar surface area (TPSA) is 26.3 Å². The number of carbonyl (C=O) groups excluding carboxylic acids is 1. The molecule has 1 aromatic carbocycles. The Morgan fingerprint density at radius 2 is 1.67 bits per heavy atom. The average molecular weight is 248 g/mol. The number of rotatable bonds is 3. The summed E-state index contributed by atoms with van der Waals surface area (Å²) >= 11 is 0. The molecule has 0 heterocycles. The minimum Gasteiger partial charge on any atom is -0.426 e. The van der Waals surface area contributed by atoms with Gasteiger partial charge < -0.3 is 4.74 Å². The van der Waals surface area contributed by atoms with Gasteiger partial charge in [0.25, 0.3) is 0 Å². The van der Waals surface area contributed by atoms with Crippen LogP contribution < -0.4 is 4.74 Å². The molecule has 18 heavy (non-hydrogen) atoms. The molecule has 0 fully saturated rings. The second kappa shape index (κ2) is 5.13. The van der Waals surface area contributed by atoms with Gasteiger partial charge in [-0.05, 0) is 23.3 Å². The first-order valence-corrected chi connectivity index (χ1v) is 6.40. The standard InChI is InChI=1S/C16H24O2/c1-12(17)18-14-10-8-7-9-13(14)16(5,6)11-15(2,3)4/h7-10H,11H2,1-6H3. The van der Waals surface area contributed by atoms with Crippen molar-refractivity contribution in [3.05, 3.63) is 29.8 Å². The zero-order valence-electron chi connectivity index (χ0n) is 12.3. The Bertz CT molecular complexity index is 425. The molecule has 2 heteroatoms. The molecule has 0 bridgehead atoms. The van der Waals surface area contributed by atoms with Crippen LogP contribution in [-0.4, -0.2) is 5.97 Å². The van der Waals surface area contributed by atoms with Crippen molar-refractivity contribution in [1.29, 1.82) is 0 Å². The highest BCUT2D eigenvalue weighted by Crippen LogP contribution is 2.40. The normalized spacial score (nSPS) is 12.3. The summed E-state index contributed by atoms with van der Waals surface area (Å²) in [5, 5.41) is 0. The van der Waals surface area contributed by atoms with Crippen LogP contribution in [0.2, 0.25) is 0 Å². The highest BCUT2D eigenvalue weighted by Gasteiger charge is 2.29.